The Morgan fingerprint density at radius 2 is 1.91 bits per heavy atom. The van der Waals surface area contributed by atoms with E-state index in [9.17, 15) is 9.90 Å². The molecule has 3 heterocycles. The van der Waals surface area contributed by atoms with Gasteiger partial charge in [0.15, 0.2) is 5.82 Å². The fourth-order valence-corrected chi connectivity index (χ4v) is 5.04. The maximum Gasteiger partial charge on any atom is 0.309 e. The molecule has 1 aromatic heterocycles. The number of methoxy groups -OCH3 is 1. The van der Waals surface area contributed by atoms with Gasteiger partial charge in [-0.3, -0.25) is 14.4 Å². The van der Waals surface area contributed by atoms with Gasteiger partial charge in [-0.25, -0.2) is 0 Å². The summed E-state index contributed by atoms with van der Waals surface area (Å²) in [5, 5.41) is 19.7. The van der Waals surface area contributed by atoms with Gasteiger partial charge >= 0.3 is 5.97 Å². The zero-order valence-corrected chi connectivity index (χ0v) is 19.7. The van der Waals surface area contributed by atoms with E-state index in [0.29, 0.717) is 54.2 Å². The average Bonchev–Trinajstić information content (AvgIpc) is 3.16. The third kappa shape index (κ3) is 3.97. The maximum atomic E-state index is 12.7. The number of rotatable bonds is 5. The lowest BCUT2D eigenvalue weighted by atomic mass is 9.80. The molecule has 1 fully saturated rings. The number of carboxylic acids is 1. The Hall–Kier alpha value is -3.23. The zero-order chi connectivity index (χ0) is 23.8. The maximum absolute atomic E-state index is 12.7. The molecule has 0 radical (unpaired) electrons. The Morgan fingerprint density at radius 1 is 1.18 bits per heavy atom. The predicted molar refractivity (Wildman–Crippen MR) is 127 cm³/mol. The van der Waals surface area contributed by atoms with Crippen LogP contribution in [0.5, 0.6) is 5.75 Å². The first-order chi connectivity index (χ1) is 16.5. The van der Waals surface area contributed by atoms with Gasteiger partial charge < -0.3 is 14.6 Å². The number of benzene rings is 2. The first-order valence-corrected chi connectivity index (χ1v) is 11.6. The van der Waals surface area contributed by atoms with E-state index in [2.05, 4.69) is 10.2 Å². The molecule has 2 atom stereocenters. The SMILES string of the molecule is COc1ccc2c(c1)C(c1ccc(Cl)cc1)=N[C@@H](C(C(=O)O)C1CCOCC1)c1nnc(C)n1-2. The highest BCUT2D eigenvalue weighted by Crippen LogP contribution is 2.41. The summed E-state index contributed by atoms with van der Waals surface area (Å²) in [5.41, 5.74) is 3.13. The van der Waals surface area contributed by atoms with E-state index in [-0.39, 0.29) is 5.92 Å². The number of hydrogen-bond acceptors (Lipinski definition) is 6. The highest BCUT2D eigenvalue weighted by Gasteiger charge is 2.42. The molecule has 2 aliphatic rings. The molecule has 0 spiro atoms. The Balaban J connectivity index is 1.77. The van der Waals surface area contributed by atoms with Crippen LogP contribution in [-0.4, -0.2) is 51.9 Å². The molecule has 2 aromatic carbocycles. The van der Waals surface area contributed by atoms with Gasteiger partial charge in [-0.15, -0.1) is 10.2 Å². The average molecular weight is 481 g/mol. The van der Waals surface area contributed by atoms with Gasteiger partial charge in [0.25, 0.3) is 0 Å². The topological polar surface area (TPSA) is 98.8 Å². The van der Waals surface area contributed by atoms with Crippen LogP contribution in [0.15, 0.2) is 47.5 Å². The Bertz CT molecular complexity index is 1250. The van der Waals surface area contributed by atoms with Crippen LogP contribution in [0.4, 0.5) is 0 Å². The molecule has 1 saturated heterocycles. The Morgan fingerprint density at radius 3 is 2.59 bits per heavy atom. The molecule has 1 N–H and O–H groups in total. The molecule has 176 valence electrons. The van der Waals surface area contributed by atoms with Crippen molar-refractivity contribution in [2.45, 2.75) is 25.8 Å². The van der Waals surface area contributed by atoms with Crippen molar-refractivity contribution in [2.24, 2.45) is 16.8 Å². The number of aliphatic imine (C=N–C) groups is 1. The quantitative estimate of drug-likeness (QED) is 0.586. The minimum Gasteiger partial charge on any atom is -0.497 e. The van der Waals surface area contributed by atoms with Crippen LogP contribution < -0.4 is 4.74 Å². The van der Waals surface area contributed by atoms with Crippen LogP contribution in [0.3, 0.4) is 0 Å². The van der Waals surface area contributed by atoms with E-state index in [0.717, 1.165) is 16.8 Å². The van der Waals surface area contributed by atoms with Gasteiger partial charge in [0.1, 0.15) is 17.6 Å². The lowest BCUT2D eigenvalue weighted by Gasteiger charge is -2.30. The van der Waals surface area contributed by atoms with Crippen molar-refractivity contribution in [1.82, 2.24) is 14.8 Å². The second kappa shape index (κ2) is 9.19. The van der Waals surface area contributed by atoms with Crippen molar-refractivity contribution in [2.75, 3.05) is 20.3 Å². The van der Waals surface area contributed by atoms with Crippen molar-refractivity contribution in [3.05, 3.63) is 70.3 Å². The fraction of sp³-hybridized carbons (Fsp3) is 0.360. The van der Waals surface area contributed by atoms with Gasteiger partial charge in [-0.1, -0.05) is 23.7 Å². The first-order valence-electron chi connectivity index (χ1n) is 11.2. The van der Waals surface area contributed by atoms with Crippen molar-refractivity contribution in [1.29, 1.82) is 0 Å². The molecule has 0 amide bonds. The van der Waals surface area contributed by atoms with Crippen LogP contribution in [0, 0.1) is 18.8 Å². The molecule has 0 bridgehead atoms. The van der Waals surface area contributed by atoms with Crippen molar-refractivity contribution < 1.29 is 19.4 Å². The molecule has 0 aliphatic carbocycles. The van der Waals surface area contributed by atoms with Gasteiger partial charge in [-0.05, 0) is 56.0 Å². The molecule has 2 aliphatic heterocycles. The summed E-state index contributed by atoms with van der Waals surface area (Å²) in [6.45, 7) is 2.94. The Kier molecular flexibility index (Phi) is 6.10. The molecular weight excluding hydrogens is 456 g/mol. The number of hydrogen-bond donors (Lipinski definition) is 1. The van der Waals surface area contributed by atoms with Crippen LogP contribution in [0.2, 0.25) is 5.02 Å². The molecule has 5 rings (SSSR count). The molecule has 1 unspecified atom stereocenters. The van der Waals surface area contributed by atoms with Crippen molar-refractivity contribution in [3.63, 3.8) is 0 Å². The summed E-state index contributed by atoms with van der Waals surface area (Å²) in [4.78, 5) is 17.8. The van der Waals surface area contributed by atoms with Crippen LogP contribution >= 0.6 is 11.6 Å². The van der Waals surface area contributed by atoms with Crippen LogP contribution in [0.25, 0.3) is 5.69 Å². The molecule has 3 aromatic rings. The largest absolute Gasteiger partial charge is 0.497 e. The third-order valence-corrected chi connectivity index (χ3v) is 6.85. The van der Waals surface area contributed by atoms with Crippen molar-refractivity contribution in [3.8, 4) is 11.4 Å². The van der Waals surface area contributed by atoms with Crippen LogP contribution in [-0.2, 0) is 9.53 Å². The summed E-state index contributed by atoms with van der Waals surface area (Å²) in [7, 11) is 1.61. The number of carboxylic acid groups (broad SMARTS) is 1. The predicted octanol–water partition coefficient (Wildman–Crippen LogP) is 4.26. The van der Waals surface area contributed by atoms with E-state index < -0.39 is 17.9 Å². The molecule has 9 heteroatoms. The zero-order valence-electron chi connectivity index (χ0n) is 18.9. The number of nitrogens with zero attached hydrogens (tertiary/aromatic N) is 4. The molecular formula is C25H25ClN4O4. The van der Waals surface area contributed by atoms with E-state index in [4.69, 9.17) is 26.1 Å². The highest BCUT2D eigenvalue weighted by atomic mass is 35.5. The summed E-state index contributed by atoms with van der Waals surface area (Å²) < 4.78 is 12.9. The normalized spacial score (nSPS) is 18.9. The smallest absolute Gasteiger partial charge is 0.309 e. The fourth-order valence-electron chi connectivity index (χ4n) is 4.91. The summed E-state index contributed by atoms with van der Waals surface area (Å²) in [5.74, 6) is 0.0940. The first kappa shape index (κ1) is 22.6. The number of aromatic nitrogens is 3. The number of halogens is 1. The van der Waals surface area contributed by atoms with Crippen LogP contribution in [0.1, 0.15) is 41.7 Å². The third-order valence-electron chi connectivity index (χ3n) is 6.60. The lowest BCUT2D eigenvalue weighted by molar-refractivity contribution is -0.146. The molecule has 34 heavy (non-hydrogen) atoms. The number of aliphatic carboxylic acids is 1. The van der Waals surface area contributed by atoms with E-state index in [1.165, 1.54) is 0 Å². The molecule has 0 saturated carbocycles. The van der Waals surface area contributed by atoms with Gasteiger partial charge in [0.05, 0.1) is 24.4 Å². The molecule has 8 nitrogen and oxygen atoms in total. The lowest BCUT2D eigenvalue weighted by Crippen LogP contribution is -2.34. The van der Waals surface area contributed by atoms with Crippen molar-refractivity contribution >= 4 is 23.3 Å². The monoisotopic (exact) mass is 480 g/mol. The van der Waals surface area contributed by atoms with E-state index >= 15 is 0 Å². The number of fused-ring (bicyclic) bond motifs is 3. The standard InChI is InChI=1S/C25H25ClN4O4/c1-14-28-29-24-23(21(25(31)32)15-9-11-34-12-10-15)27-22(16-3-5-17(26)6-4-16)19-13-18(33-2)7-8-20(19)30(14)24/h3-8,13,15,21,23H,9-12H2,1-2H3,(H,31,32)/t21?,23-/m0/s1. The number of aryl methyl sites for hydroxylation is 1. The highest BCUT2D eigenvalue weighted by molar-refractivity contribution is 6.30. The van der Waals surface area contributed by atoms with Gasteiger partial charge in [-0.2, -0.15) is 0 Å². The summed E-state index contributed by atoms with van der Waals surface area (Å²) >= 11 is 6.16. The minimum absolute atomic E-state index is 0.0901. The van der Waals surface area contributed by atoms with Gasteiger partial charge in [0, 0.05) is 29.4 Å². The number of ether oxygens (including phenoxy) is 2. The van der Waals surface area contributed by atoms with E-state index in [1.807, 2.05) is 41.8 Å². The van der Waals surface area contributed by atoms with E-state index in [1.54, 1.807) is 19.2 Å². The summed E-state index contributed by atoms with van der Waals surface area (Å²) in [6, 6.07) is 12.4. The minimum atomic E-state index is -0.896. The van der Waals surface area contributed by atoms with Gasteiger partial charge in [0.2, 0.25) is 0 Å². The number of carbonyl (C=O) groups is 1. The summed E-state index contributed by atoms with van der Waals surface area (Å²) in [6.07, 6.45) is 1.32. The Labute approximate surface area is 202 Å². The second-order valence-electron chi connectivity index (χ2n) is 8.57. The second-order valence-corrected chi connectivity index (χ2v) is 9.00.